The maximum Gasteiger partial charge on any atom is 0.250 e. The summed E-state index contributed by atoms with van der Waals surface area (Å²) in [6.07, 6.45) is 1.78. The molecule has 0 aliphatic rings. The summed E-state index contributed by atoms with van der Waals surface area (Å²) in [5.41, 5.74) is 7.93. The first-order valence-electron chi connectivity index (χ1n) is 7.76. The number of rotatable bonds is 9. The highest BCUT2D eigenvalue weighted by Gasteiger charge is 2.11. The van der Waals surface area contributed by atoms with E-state index in [1.165, 1.54) is 7.11 Å². The van der Waals surface area contributed by atoms with Crippen LogP contribution in [0.3, 0.4) is 0 Å². The number of methoxy groups -OCH3 is 1. The Morgan fingerprint density at radius 3 is 2.68 bits per heavy atom. The van der Waals surface area contributed by atoms with Crippen LogP contribution in [0.25, 0.3) is 0 Å². The maximum atomic E-state index is 11.6. The fourth-order valence-electron chi connectivity index (χ4n) is 2.38. The fourth-order valence-corrected chi connectivity index (χ4v) is 2.38. The molecule has 0 fully saturated rings. The molecular formula is C17H28N2O3. The first-order valence-corrected chi connectivity index (χ1v) is 7.76. The number of hydrogen-bond donors (Lipinski definition) is 2. The second kappa shape index (κ2) is 9.43. The molecule has 0 radical (unpaired) electrons. The molecular weight excluding hydrogens is 280 g/mol. The summed E-state index contributed by atoms with van der Waals surface area (Å²) in [4.78, 5) is 11.6. The summed E-state index contributed by atoms with van der Waals surface area (Å²) in [5.74, 6) is 1.04. The van der Waals surface area contributed by atoms with E-state index in [1.807, 2.05) is 25.1 Å². The quantitative estimate of drug-likeness (QED) is 0.735. The number of hydrogen-bond acceptors (Lipinski definition) is 4. The standard InChI is InChI=1S/C17H28N2O3/c1-5-22-16-10-13(9-14(18)8-12(2)3)6-7-15(16)19-17(20)11-21-4/h6-7,10,12,14H,5,8-9,11,18H2,1-4H3,(H,19,20). The van der Waals surface area contributed by atoms with Crippen LogP contribution in [0, 0.1) is 5.92 Å². The van der Waals surface area contributed by atoms with Gasteiger partial charge in [0.2, 0.25) is 5.91 Å². The Balaban J connectivity index is 2.82. The summed E-state index contributed by atoms with van der Waals surface area (Å²) in [6.45, 7) is 6.80. The van der Waals surface area contributed by atoms with Crippen molar-refractivity contribution in [2.24, 2.45) is 11.7 Å². The zero-order chi connectivity index (χ0) is 16.5. The van der Waals surface area contributed by atoms with Gasteiger partial charge in [-0.05, 0) is 43.4 Å². The lowest BCUT2D eigenvalue weighted by molar-refractivity contribution is -0.119. The topological polar surface area (TPSA) is 73.6 Å². The van der Waals surface area contributed by atoms with Crippen LogP contribution in [-0.4, -0.2) is 32.3 Å². The van der Waals surface area contributed by atoms with Gasteiger partial charge in [-0.15, -0.1) is 0 Å². The van der Waals surface area contributed by atoms with Crippen LogP contribution in [0.4, 0.5) is 5.69 Å². The van der Waals surface area contributed by atoms with Crippen molar-refractivity contribution in [3.05, 3.63) is 23.8 Å². The SMILES string of the molecule is CCOc1cc(CC(N)CC(C)C)ccc1NC(=O)COC. The molecule has 0 heterocycles. The number of ether oxygens (including phenoxy) is 2. The van der Waals surface area contributed by atoms with Crippen LogP contribution in [0.2, 0.25) is 0 Å². The highest BCUT2D eigenvalue weighted by molar-refractivity contribution is 5.93. The minimum atomic E-state index is -0.201. The monoisotopic (exact) mass is 308 g/mol. The zero-order valence-corrected chi connectivity index (χ0v) is 14.0. The Bertz CT molecular complexity index is 475. The highest BCUT2D eigenvalue weighted by atomic mass is 16.5. The Morgan fingerprint density at radius 2 is 2.09 bits per heavy atom. The molecule has 1 unspecified atom stereocenters. The number of benzene rings is 1. The van der Waals surface area contributed by atoms with Gasteiger partial charge >= 0.3 is 0 Å². The van der Waals surface area contributed by atoms with E-state index in [1.54, 1.807) is 0 Å². The first kappa shape index (κ1) is 18.5. The van der Waals surface area contributed by atoms with E-state index < -0.39 is 0 Å². The Kier molecular flexibility index (Phi) is 7.91. The van der Waals surface area contributed by atoms with Gasteiger partial charge in [0.05, 0.1) is 12.3 Å². The fraction of sp³-hybridized carbons (Fsp3) is 0.588. The van der Waals surface area contributed by atoms with Crippen molar-refractivity contribution in [3.8, 4) is 5.75 Å². The van der Waals surface area contributed by atoms with Crippen LogP contribution in [0.1, 0.15) is 32.8 Å². The lowest BCUT2D eigenvalue weighted by atomic mass is 9.98. The maximum absolute atomic E-state index is 11.6. The number of nitrogens with two attached hydrogens (primary N) is 1. The molecule has 22 heavy (non-hydrogen) atoms. The summed E-state index contributed by atoms with van der Waals surface area (Å²) in [5, 5.41) is 2.79. The average molecular weight is 308 g/mol. The summed E-state index contributed by atoms with van der Waals surface area (Å²) in [7, 11) is 1.49. The van der Waals surface area contributed by atoms with E-state index in [9.17, 15) is 4.79 Å². The van der Waals surface area contributed by atoms with Gasteiger partial charge in [0.25, 0.3) is 0 Å². The number of anilines is 1. The molecule has 5 heteroatoms. The molecule has 1 rings (SSSR count). The van der Waals surface area contributed by atoms with Gasteiger partial charge in [-0.2, -0.15) is 0 Å². The van der Waals surface area contributed by atoms with Crippen LogP contribution in [-0.2, 0) is 16.0 Å². The van der Waals surface area contributed by atoms with Crippen molar-refractivity contribution in [2.75, 3.05) is 25.6 Å². The molecule has 0 aliphatic carbocycles. The smallest absolute Gasteiger partial charge is 0.250 e. The van der Waals surface area contributed by atoms with Crippen LogP contribution in [0.15, 0.2) is 18.2 Å². The molecule has 1 aromatic carbocycles. The van der Waals surface area contributed by atoms with Crippen LogP contribution < -0.4 is 15.8 Å². The number of nitrogens with one attached hydrogen (secondary N) is 1. The van der Waals surface area contributed by atoms with Crippen LogP contribution >= 0.6 is 0 Å². The Hall–Kier alpha value is -1.59. The minimum absolute atomic E-state index is 0.0204. The molecule has 0 spiro atoms. The van der Waals surface area contributed by atoms with Gasteiger partial charge in [0.15, 0.2) is 0 Å². The molecule has 0 saturated carbocycles. The van der Waals surface area contributed by atoms with Crippen molar-refractivity contribution in [2.45, 2.75) is 39.7 Å². The summed E-state index contributed by atoms with van der Waals surface area (Å²) >= 11 is 0. The number of amides is 1. The third-order valence-corrected chi connectivity index (χ3v) is 3.17. The molecule has 1 aromatic rings. The number of carbonyl (C=O) groups excluding carboxylic acids is 1. The van der Waals surface area contributed by atoms with Gasteiger partial charge in [-0.25, -0.2) is 0 Å². The van der Waals surface area contributed by atoms with Crippen molar-refractivity contribution in [1.29, 1.82) is 0 Å². The molecule has 0 bridgehead atoms. The van der Waals surface area contributed by atoms with E-state index in [0.717, 1.165) is 18.4 Å². The molecule has 1 atom stereocenters. The average Bonchev–Trinajstić information content (AvgIpc) is 2.41. The van der Waals surface area contributed by atoms with E-state index in [-0.39, 0.29) is 18.6 Å². The van der Waals surface area contributed by atoms with E-state index in [4.69, 9.17) is 15.2 Å². The van der Waals surface area contributed by atoms with Crippen molar-refractivity contribution < 1.29 is 14.3 Å². The van der Waals surface area contributed by atoms with Gasteiger partial charge in [0.1, 0.15) is 12.4 Å². The third-order valence-electron chi connectivity index (χ3n) is 3.17. The molecule has 124 valence electrons. The van der Waals surface area contributed by atoms with Crippen molar-refractivity contribution in [3.63, 3.8) is 0 Å². The number of carbonyl (C=O) groups is 1. The van der Waals surface area contributed by atoms with Crippen molar-refractivity contribution >= 4 is 11.6 Å². The molecule has 0 aliphatic heterocycles. The van der Waals surface area contributed by atoms with Gasteiger partial charge in [-0.1, -0.05) is 19.9 Å². The highest BCUT2D eigenvalue weighted by Crippen LogP contribution is 2.27. The van der Waals surface area contributed by atoms with Gasteiger partial charge in [-0.3, -0.25) is 4.79 Å². The summed E-state index contributed by atoms with van der Waals surface area (Å²) in [6, 6.07) is 5.91. The largest absolute Gasteiger partial charge is 0.492 e. The molecule has 3 N–H and O–H groups in total. The third kappa shape index (κ3) is 6.45. The molecule has 0 saturated heterocycles. The Morgan fingerprint density at radius 1 is 1.36 bits per heavy atom. The predicted molar refractivity (Wildman–Crippen MR) is 89.3 cm³/mol. The van der Waals surface area contributed by atoms with E-state index in [2.05, 4.69) is 19.2 Å². The minimum Gasteiger partial charge on any atom is -0.492 e. The van der Waals surface area contributed by atoms with Crippen molar-refractivity contribution in [1.82, 2.24) is 0 Å². The van der Waals surface area contributed by atoms with E-state index >= 15 is 0 Å². The predicted octanol–water partition coefficient (Wildman–Crippen LogP) is 2.59. The lowest BCUT2D eigenvalue weighted by Crippen LogP contribution is -2.24. The lowest BCUT2D eigenvalue weighted by Gasteiger charge is -2.16. The van der Waals surface area contributed by atoms with Gasteiger partial charge < -0.3 is 20.5 Å². The second-order valence-electron chi connectivity index (χ2n) is 5.84. The van der Waals surface area contributed by atoms with E-state index in [0.29, 0.717) is 24.0 Å². The summed E-state index contributed by atoms with van der Waals surface area (Å²) < 4.78 is 10.4. The Labute approximate surface area is 133 Å². The van der Waals surface area contributed by atoms with Crippen LogP contribution in [0.5, 0.6) is 5.75 Å². The zero-order valence-electron chi connectivity index (χ0n) is 14.0. The molecule has 5 nitrogen and oxygen atoms in total. The normalized spacial score (nSPS) is 12.3. The van der Waals surface area contributed by atoms with Gasteiger partial charge in [0, 0.05) is 13.2 Å². The molecule has 0 aromatic heterocycles. The molecule has 1 amide bonds. The first-order chi connectivity index (χ1) is 10.5. The second-order valence-corrected chi connectivity index (χ2v) is 5.84.